The lowest BCUT2D eigenvalue weighted by molar-refractivity contribution is -0.139. The smallest absolute Gasteiger partial charge is 0.461 e. The molecule has 3 aromatic carbocycles. The highest BCUT2D eigenvalue weighted by Gasteiger charge is 2.29. The van der Waals surface area contributed by atoms with Crippen molar-refractivity contribution in [2.45, 2.75) is 31.9 Å². The van der Waals surface area contributed by atoms with Gasteiger partial charge in [0.05, 0.1) is 45.2 Å². The SMILES string of the molecule is C=CC(=O)OCCNC(=O)NCC1COC(=O)O1.C=CC(=O)OCCNC(=O)NCC1COC(=O)OC1.C=CC(=O)OCCNC(=O)NCc1ccccc1.C=CC(=O)OCCNC(=O)OCC1COC(=O)OC1.C=CC(=O)OCCOC(=O)N(C)Cc1ccccc1.C=CC(=O)OCCOC(=O)NCC1COC(=O)O1.C=CC(=O)OCCOC(=O)NCC1COC(=O)OC1.C=CC(=O)OCCOC(=O)OCc1ccccc1. The first kappa shape index (κ1) is 128. The van der Waals surface area contributed by atoms with Gasteiger partial charge in [0.1, 0.15) is 145 Å². The number of carbonyl (C=O) groups is 21. The molecule has 0 aliphatic carbocycles. The zero-order valence-corrected chi connectivity index (χ0v) is 80.8. The minimum absolute atomic E-state index is 0.0225. The summed E-state index contributed by atoms with van der Waals surface area (Å²) < 4.78 is 112. The minimum atomic E-state index is -0.798. The minimum Gasteiger partial charge on any atom is -0.461 e. The van der Waals surface area contributed by atoms with Gasteiger partial charge < -0.3 is 166 Å². The van der Waals surface area contributed by atoms with Gasteiger partial charge in [-0.25, -0.2) is 101 Å². The number of nitrogens with zero attached hydrogens (tertiary/aromatic N) is 1. The fourth-order valence-corrected chi connectivity index (χ4v) is 9.44. The molecule has 0 bridgehead atoms. The average molecular weight is 2100 g/mol. The van der Waals surface area contributed by atoms with E-state index in [1.54, 1.807) is 7.05 Å². The maximum absolute atomic E-state index is 11.6. The Morgan fingerprint density at radius 2 is 0.574 bits per heavy atom. The molecule has 5 fully saturated rings. The summed E-state index contributed by atoms with van der Waals surface area (Å²) in [5, 5.41) is 22.5. The van der Waals surface area contributed by atoms with E-state index in [1.165, 1.54) is 4.90 Å². The monoisotopic (exact) mass is 2100 g/mol. The van der Waals surface area contributed by atoms with Crippen LogP contribution >= 0.6 is 0 Å². The molecule has 8 rings (SSSR count). The predicted molar refractivity (Wildman–Crippen MR) is 503 cm³/mol. The summed E-state index contributed by atoms with van der Waals surface area (Å²) in [6.07, 6.45) is 0.471. The van der Waals surface area contributed by atoms with Gasteiger partial charge in [0, 0.05) is 93.7 Å². The third-order valence-corrected chi connectivity index (χ3v) is 16.6. The zero-order chi connectivity index (χ0) is 110. The Morgan fingerprint density at radius 1 is 0.291 bits per heavy atom. The van der Waals surface area contributed by atoms with E-state index in [9.17, 15) is 101 Å². The van der Waals surface area contributed by atoms with Crippen molar-refractivity contribution in [1.82, 2.24) is 52.8 Å². The van der Waals surface area contributed by atoms with Crippen molar-refractivity contribution in [2.75, 3.05) is 198 Å². The van der Waals surface area contributed by atoms with Crippen LogP contribution in [0.15, 0.2) is 192 Å². The molecule has 5 heterocycles. The second-order valence-corrected chi connectivity index (χ2v) is 28.0. The number of cyclic esters (lactones) is 10. The Labute approximate surface area is 847 Å². The largest absolute Gasteiger partial charge is 0.508 e. The molecule has 0 saturated carbocycles. The Bertz CT molecular complexity index is 4390. The fraction of sp³-hybridized carbons (Fsp3) is 0.409. The zero-order valence-electron chi connectivity index (χ0n) is 80.8. The van der Waals surface area contributed by atoms with Crippen molar-refractivity contribution in [3.63, 3.8) is 0 Å². The third kappa shape index (κ3) is 72.2. The number of carbonyl (C=O) groups excluding carboxylic acids is 21. The van der Waals surface area contributed by atoms with Gasteiger partial charge >= 0.3 is 127 Å². The lowest BCUT2D eigenvalue weighted by Crippen LogP contribution is -2.42. The molecule has 2 atom stereocenters. The number of rotatable bonds is 48. The summed E-state index contributed by atoms with van der Waals surface area (Å²) >= 11 is 0. The summed E-state index contributed by atoms with van der Waals surface area (Å²) in [4.78, 5) is 230. The van der Waals surface area contributed by atoms with Gasteiger partial charge in [0.25, 0.3) is 0 Å². The van der Waals surface area contributed by atoms with E-state index >= 15 is 0 Å². The normalized spacial score (nSPS) is 13.4. The Kier molecular flexibility index (Phi) is 71.2. The van der Waals surface area contributed by atoms with Crippen LogP contribution in [-0.2, 0) is 172 Å². The van der Waals surface area contributed by atoms with Crippen molar-refractivity contribution in [2.24, 2.45) is 17.8 Å². The molecule has 148 heavy (non-hydrogen) atoms. The number of nitrogens with one attached hydrogen (secondary N) is 9. The van der Waals surface area contributed by atoms with Gasteiger partial charge in [-0.2, -0.15) is 0 Å². The fourth-order valence-electron chi connectivity index (χ4n) is 9.44. The van der Waals surface area contributed by atoms with E-state index in [1.807, 2.05) is 91.0 Å². The Hall–Kier alpha value is -18.1. The molecule has 2 unspecified atom stereocenters. The summed E-state index contributed by atoms with van der Waals surface area (Å²) in [6, 6.07) is 27.2. The molecule has 55 heteroatoms. The highest BCUT2D eigenvalue weighted by atomic mass is 16.8. The molecular weight excluding hydrogens is 1980 g/mol. The van der Waals surface area contributed by atoms with Crippen LogP contribution in [0.3, 0.4) is 0 Å². The number of hydrogen-bond donors (Lipinski definition) is 9. The maximum Gasteiger partial charge on any atom is 0.508 e. The van der Waals surface area contributed by atoms with Crippen LogP contribution in [0.4, 0.5) is 62.3 Å². The van der Waals surface area contributed by atoms with Gasteiger partial charge in [-0.3, -0.25) is 0 Å². The first-order valence-corrected chi connectivity index (χ1v) is 44.1. The van der Waals surface area contributed by atoms with Gasteiger partial charge in [-0.15, -0.1) is 0 Å². The molecule has 55 nitrogen and oxygen atoms in total. The Balaban J connectivity index is 0.000000846. The number of ether oxygens (including phenoxy) is 24. The van der Waals surface area contributed by atoms with Crippen LogP contribution in [0, 0.1) is 17.8 Å². The summed E-state index contributed by atoms with van der Waals surface area (Å²) in [6.45, 7) is 30.0. The third-order valence-electron chi connectivity index (χ3n) is 16.6. The molecule has 812 valence electrons. The number of urea groups is 3. The average Bonchev–Trinajstić information content (AvgIpc) is 1.58. The number of alkyl carbamates (subject to hydrolysis) is 3. The molecule has 5 aliphatic heterocycles. The van der Waals surface area contributed by atoms with Crippen LogP contribution in [0.2, 0.25) is 0 Å². The number of amides is 10. The molecule has 5 saturated heterocycles. The Morgan fingerprint density at radius 3 is 0.939 bits per heavy atom. The van der Waals surface area contributed by atoms with Gasteiger partial charge in [0.2, 0.25) is 0 Å². The van der Waals surface area contributed by atoms with E-state index in [2.05, 4.69) is 186 Å². The summed E-state index contributed by atoms with van der Waals surface area (Å²) in [7, 11) is 1.64. The molecule has 0 spiro atoms. The lowest BCUT2D eigenvalue weighted by Gasteiger charge is -2.21. The van der Waals surface area contributed by atoms with Crippen molar-refractivity contribution < 1.29 is 214 Å². The second-order valence-electron chi connectivity index (χ2n) is 28.0. The van der Waals surface area contributed by atoms with Crippen molar-refractivity contribution in [3.05, 3.63) is 209 Å². The van der Waals surface area contributed by atoms with Crippen LogP contribution in [-0.4, -0.2) is 342 Å². The van der Waals surface area contributed by atoms with E-state index in [0.717, 1.165) is 65.3 Å². The van der Waals surface area contributed by atoms with Crippen molar-refractivity contribution in [3.8, 4) is 0 Å². The first-order valence-electron chi connectivity index (χ1n) is 44.1. The highest BCUT2D eigenvalue weighted by Crippen LogP contribution is 2.12. The number of benzene rings is 3. The van der Waals surface area contributed by atoms with Gasteiger partial charge in [-0.1, -0.05) is 144 Å². The number of esters is 8. The molecule has 0 radical (unpaired) electrons. The molecule has 10 amide bonds. The van der Waals surface area contributed by atoms with Crippen LogP contribution in [0.25, 0.3) is 0 Å². The first-order chi connectivity index (χ1) is 71.1. The lowest BCUT2D eigenvalue weighted by atomic mass is 10.2. The molecular formula is C93H120N10O45. The van der Waals surface area contributed by atoms with E-state index in [-0.39, 0.29) is 215 Å². The number of hydrogen-bond acceptors (Lipinski definition) is 45. The molecule has 5 aliphatic rings. The second kappa shape index (κ2) is 82.4. The van der Waals surface area contributed by atoms with E-state index in [4.69, 9.17) is 28.4 Å². The highest BCUT2D eigenvalue weighted by molar-refractivity contribution is 5.84. The van der Waals surface area contributed by atoms with Gasteiger partial charge in [-0.05, 0) is 16.7 Å². The molecule has 0 aromatic heterocycles. The van der Waals surface area contributed by atoms with E-state index in [0.29, 0.717) is 19.6 Å². The summed E-state index contributed by atoms with van der Waals surface area (Å²) in [5.74, 6) is -4.76. The molecule has 3 aromatic rings. The maximum atomic E-state index is 11.6. The van der Waals surface area contributed by atoms with Crippen LogP contribution < -0.4 is 47.9 Å². The van der Waals surface area contributed by atoms with Crippen LogP contribution in [0.5, 0.6) is 0 Å². The van der Waals surface area contributed by atoms with Crippen molar-refractivity contribution in [1.29, 1.82) is 0 Å². The van der Waals surface area contributed by atoms with Crippen molar-refractivity contribution >= 4 is 127 Å². The van der Waals surface area contributed by atoms with Crippen LogP contribution in [0.1, 0.15) is 16.7 Å². The topological polar surface area (TPSA) is 692 Å². The van der Waals surface area contributed by atoms with Gasteiger partial charge in [0.15, 0.2) is 12.2 Å². The summed E-state index contributed by atoms with van der Waals surface area (Å²) in [5.41, 5.74) is 2.90. The predicted octanol–water partition coefficient (Wildman–Crippen LogP) is 5.04. The van der Waals surface area contributed by atoms with E-state index < -0.39 is 133 Å². The quantitative estimate of drug-likeness (QED) is 0.0155. The molecule has 9 N–H and O–H groups in total. The standard InChI is InChI=1S/C14H17NO4.C13H16N2O3.C13H14O5.C11H16N2O6.2C11H15NO7.C10H14N2O6.C10H13NO7/c1-3-13(16)18-9-10-19-14(17)15(2)11-12-7-5-4-6-8-12;1-2-12(16)18-9-8-14-13(17)15-10-11-6-4-3-5-7-11;1-2-12(14)16-8-9-17-13(15)18-10-11-6-4-3-5-7-11;1-2-9(14)17-4-3-12-10(15)13-5-8-6-18-11(16)19-7-8;1-2-9(13)16-3-4-17-10(14)12-5-8-6-18-11(15)19-7-8;1-2-9(13)16-4-3-12-10(14)17-5-8-6-18-11(15)19-7-8;1-2-8(13)16-4-3-11-9(14)12-5-7-6-17-10(15)18-7;1-2-8(12)15-3-4-16-9(13)11-5-7-6-17-10(14)18-7/h3-8H,1,9-11H2,2H3;2-7H,1,8-10H2,(H2,14,15,17);2-7H,1,8-10H2;2,8H,1,3-7H2,(H2,12,13,15);2*2,8H,1,3-7H2,(H,12,14);2,7H,1,3-6H2,(H2,11,12,14);2,7H,1,3-6H2,(H,11,13).